The van der Waals surface area contributed by atoms with Gasteiger partial charge < -0.3 is 20.7 Å². The van der Waals surface area contributed by atoms with Crippen LogP contribution in [0.4, 0.5) is 10.5 Å². The molecule has 0 bridgehead atoms. The Labute approximate surface area is 178 Å². The Hall–Kier alpha value is -4.21. The Balaban J connectivity index is 1.64. The van der Waals surface area contributed by atoms with E-state index in [2.05, 4.69) is 35.9 Å². The molecule has 0 aliphatic carbocycles. The van der Waals surface area contributed by atoms with Gasteiger partial charge in [0.25, 0.3) is 5.91 Å². The lowest BCUT2D eigenvalue weighted by Crippen LogP contribution is -2.34. The third kappa shape index (κ3) is 5.89. The van der Waals surface area contributed by atoms with Crippen LogP contribution in [-0.2, 0) is 9.53 Å². The molecule has 0 radical (unpaired) electrons. The molecule has 0 aliphatic heterocycles. The summed E-state index contributed by atoms with van der Waals surface area (Å²) in [5, 5.41) is 15.0. The molecule has 2 aromatic carbocycles. The zero-order chi connectivity index (χ0) is 22.2. The number of aryl methyl sites for hydroxylation is 1. The van der Waals surface area contributed by atoms with Crippen molar-refractivity contribution < 1.29 is 19.1 Å². The van der Waals surface area contributed by atoms with E-state index in [1.165, 1.54) is 19.2 Å². The molecule has 0 saturated carbocycles. The summed E-state index contributed by atoms with van der Waals surface area (Å²) in [7, 11) is 1.24. The Kier molecular flexibility index (Phi) is 6.94. The number of aromatic amines is 1. The number of aromatic nitrogens is 3. The molecular formula is C21H22N6O4. The standard InChI is InChI=1S/C21H22N6O4/c1-13-23-19(27-26-13)18(14-6-4-3-5-7-14)25-21(30)24-16-10-8-15(9-11-16)20(29)22-12-17(28)31-2/h3-11,18H,12H2,1-2H3,(H,22,29)(H,23,26,27)(H2,24,25,30). The molecule has 1 heterocycles. The zero-order valence-electron chi connectivity index (χ0n) is 17.0. The van der Waals surface area contributed by atoms with E-state index in [1.54, 1.807) is 19.1 Å². The molecular weight excluding hydrogens is 400 g/mol. The first-order chi connectivity index (χ1) is 15.0. The number of esters is 1. The van der Waals surface area contributed by atoms with Gasteiger partial charge in [-0.2, -0.15) is 5.10 Å². The van der Waals surface area contributed by atoms with E-state index in [9.17, 15) is 14.4 Å². The Morgan fingerprint density at radius 2 is 1.77 bits per heavy atom. The molecule has 1 atom stereocenters. The second-order valence-electron chi connectivity index (χ2n) is 6.56. The van der Waals surface area contributed by atoms with Gasteiger partial charge in [0.1, 0.15) is 18.4 Å². The number of ether oxygens (including phenoxy) is 1. The van der Waals surface area contributed by atoms with Crippen LogP contribution in [-0.4, -0.2) is 46.7 Å². The monoisotopic (exact) mass is 422 g/mol. The van der Waals surface area contributed by atoms with Gasteiger partial charge >= 0.3 is 12.0 Å². The number of carbonyl (C=O) groups is 3. The topological polar surface area (TPSA) is 138 Å². The normalized spacial score (nSPS) is 11.3. The molecule has 0 spiro atoms. The minimum atomic E-state index is -0.547. The maximum Gasteiger partial charge on any atom is 0.325 e. The highest BCUT2D eigenvalue weighted by Crippen LogP contribution is 2.19. The van der Waals surface area contributed by atoms with Crippen molar-refractivity contribution in [1.29, 1.82) is 0 Å². The fraction of sp³-hybridized carbons (Fsp3) is 0.190. The lowest BCUT2D eigenvalue weighted by atomic mass is 10.1. The molecule has 31 heavy (non-hydrogen) atoms. The first kappa shape index (κ1) is 21.5. The van der Waals surface area contributed by atoms with Crippen LogP contribution in [0.25, 0.3) is 0 Å². The van der Waals surface area contributed by atoms with Crippen molar-refractivity contribution in [1.82, 2.24) is 25.8 Å². The molecule has 3 aromatic rings. The summed E-state index contributed by atoms with van der Waals surface area (Å²) in [6.07, 6.45) is 0. The van der Waals surface area contributed by atoms with Gasteiger partial charge in [-0.1, -0.05) is 30.3 Å². The number of H-pyrrole nitrogens is 1. The second-order valence-corrected chi connectivity index (χ2v) is 6.56. The van der Waals surface area contributed by atoms with E-state index in [0.717, 1.165) is 5.56 Å². The summed E-state index contributed by atoms with van der Waals surface area (Å²) < 4.78 is 4.48. The SMILES string of the molecule is COC(=O)CNC(=O)c1ccc(NC(=O)NC(c2ccccc2)c2n[nH]c(C)n2)cc1. The smallest absolute Gasteiger partial charge is 0.325 e. The van der Waals surface area contributed by atoms with Crippen LogP contribution in [0.5, 0.6) is 0 Å². The van der Waals surface area contributed by atoms with Crippen molar-refractivity contribution in [3.8, 4) is 0 Å². The Morgan fingerprint density at radius 3 is 2.39 bits per heavy atom. The van der Waals surface area contributed by atoms with Crippen LogP contribution < -0.4 is 16.0 Å². The van der Waals surface area contributed by atoms with Crippen molar-refractivity contribution in [3.63, 3.8) is 0 Å². The molecule has 1 aromatic heterocycles. The number of nitrogens with one attached hydrogen (secondary N) is 4. The molecule has 1 unspecified atom stereocenters. The summed E-state index contributed by atoms with van der Waals surface area (Å²) in [5.41, 5.74) is 1.66. The van der Waals surface area contributed by atoms with Gasteiger partial charge in [-0.3, -0.25) is 14.7 Å². The van der Waals surface area contributed by atoms with Gasteiger partial charge in [0, 0.05) is 11.3 Å². The molecule has 10 heteroatoms. The van der Waals surface area contributed by atoms with Crippen molar-refractivity contribution in [2.75, 3.05) is 19.0 Å². The summed E-state index contributed by atoms with van der Waals surface area (Å²) in [4.78, 5) is 40.1. The number of hydrogen-bond donors (Lipinski definition) is 4. The highest BCUT2D eigenvalue weighted by atomic mass is 16.5. The highest BCUT2D eigenvalue weighted by molar-refractivity contribution is 5.97. The first-order valence-electron chi connectivity index (χ1n) is 9.42. The van der Waals surface area contributed by atoms with Gasteiger partial charge in [-0.15, -0.1) is 0 Å². The average molecular weight is 422 g/mol. The van der Waals surface area contributed by atoms with Gasteiger partial charge in [0.2, 0.25) is 0 Å². The molecule has 10 nitrogen and oxygen atoms in total. The first-order valence-corrected chi connectivity index (χ1v) is 9.42. The van der Waals surface area contributed by atoms with Crippen LogP contribution in [0.15, 0.2) is 54.6 Å². The highest BCUT2D eigenvalue weighted by Gasteiger charge is 2.21. The number of hydrogen-bond acceptors (Lipinski definition) is 6. The molecule has 0 fully saturated rings. The lowest BCUT2D eigenvalue weighted by molar-refractivity contribution is -0.139. The van der Waals surface area contributed by atoms with Crippen LogP contribution in [0.3, 0.4) is 0 Å². The molecule has 0 saturated heterocycles. The van der Waals surface area contributed by atoms with Crippen molar-refractivity contribution in [3.05, 3.63) is 77.4 Å². The molecule has 3 rings (SSSR count). The summed E-state index contributed by atoms with van der Waals surface area (Å²) >= 11 is 0. The Morgan fingerprint density at radius 1 is 1.06 bits per heavy atom. The molecule has 3 amide bonds. The lowest BCUT2D eigenvalue weighted by Gasteiger charge is -2.17. The van der Waals surface area contributed by atoms with E-state index in [-0.39, 0.29) is 6.54 Å². The van der Waals surface area contributed by atoms with Gasteiger partial charge in [-0.25, -0.2) is 9.78 Å². The quantitative estimate of drug-likeness (QED) is 0.429. The van der Waals surface area contributed by atoms with E-state index < -0.39 is 23.9 Å². The number of methoxy groups -OCH3 is 1. The average Bonchev–Trinajstić information content (AvgIpc) is 3.22. The number of rotatable bonds is 7. The predicted molar refractivity (Wildman–Crippen MR) is 112 cm³/mol. The molecule has 160 valence electrons. The molecule has 0 aliphatic rings. The van der Waals surface area contributed by atoms with Gasteiger partial charge in [0.15, 0.2) is 5.82 Å². The van der Waals surface area contributed by atoms with E-state index >= 15 is 0 Å². The fourth-order valence-corrected chi connectivity index (χ4v) is 2.76. The largest absolute Gasteiger partial charge is 0.468 e. The van der Waals surface area contributed by atoms with Crippen molar-refractivity contribution in [2.24, 2.45) is 0 Å². The maximum atomic E-state index is 12.6. The third-order valence-electron chi connectivity index (χ3n) is 4.31. The van der Waals surface area contributed by atoms with E-state index in [4.69, 9.17) is 0 Å². The van der Waals surface area contributed by atoms with Crippen molar-refractivity contribution in [2.45, 2.75) is 13.0 Å². The number of anilines is 1. The minimum Gasteiger partial charge on any atom is -0.468 e. The minimum absolute atomic E-state index is 0.223. The fourth-order valence-electron chi connectivity index (χ4n) is 2.76. The number of carbonyl (C=O) groups excluding carboxylic acids is 3. The number of benzene rings is 2. The number of amides is 3. The number of nitrogens with zero attached hydrogens (tertiary/aromatic N) is 2. The maximum absolute atomic E-state index is 12.6. The molecule has 4 N–H and O–H groups in total. The van der Waals surface area contributed by atoms with Crippen LogP contribution in [0.2, 0.25) is 0 Å². The summed E-state index contributed by atoms with van der Waals surface area (Å²) in [6.45, 7) is 1.56. The second kappa shape index (κ2) is 10.0. The van der Waals surface area contributed by atoms with Crippen molar-refractivity contribution >= 4 is 23.6 Å². The van der Waals surface area contributed by atoms with E-state index in [1.807, 2.05) is 30.3 Å². The van der Waals surface area contributed by atoms with Crippen LogP contribution >= 0.6 is 0 Å². The summed E-state index contributed by atoms with van der Waals surface area (Å²) in [5.74, 6) is 0.110. The number of urea groups is 1. The summed E-state index contributed by atoms with van der Waals surface area (Å²) in [6, 6.07) is 14.6. The Bertz CT molecular complexity index is 1050. The third-order valence-corrected chi connectivity index (χ3v) is 4.31. The predicted octanol–water partition coefficient (Wildman–Crippen LogP) is 1.93. The van der Waals surface area contributed by atoms with Crippen LogP contribution in [0, 0.1) is 6.92 Å². The van der Waals surface area contributed by atoms with Gasteiger partial charge in [0.05, 0.1) is 7.11 Å². The zero-order valence-corrected chi connectivity index (χ0v) is 17.0. The van der Waals surface area contributed by atoms with Crippen LogP contribution in [0.1, 0.15) is 33.6 Å². The van der Waals surface area contributed by atoms with E-state index in [0.29, 0.717) is 22.9 Å². The van der Waals surface area contributed by atoms with Gasteiger partial charge in [-0.05, 0) is 36.8 Å².